The largest absolute Gasteiger partial charge is 0.477 e. The highest BCUT2D eigenvalue weighted by Gasteiger charge is 2.12. The fourth-order valence-electron chi connectivity index (χ4n) is 3.80. The lowest BCUT2D eigenvalue weighted by Crippen LogP contribution is -2.14. The van der Waals surface area contributed by atoms with Crippen LogP contribution in [0.15, 0.2) is 36.4 Å². The summed E-state index contributed by atoms with van der Waals surface area (Å²) in [5.74, 6) is 0.886. The van der Waals surface area contributed by atoms with Gasteiger partial charge in [0.15, 0.2) is 0 Å². The molecule has 0 saturated carbocycles. The molecule has 0 aliphatic carbocycles. The molecule has 0 amide bonds. The Morgan fingerprint density at radius 2 is 1.53 bits per heavy atom. The Balaban J connectivity index is 1.72. The molecule has 0 fully saturated rings. The van der Waals surface area contributed by atoms with Gasteiger partial charge in [0.25, 0.3) is 0 Å². The van der Waals surface area contributed by atoms with E-state index in [1.165, 1.54) is 44.1 Å². The molecule has 4 heteroatoms. The summed E-state index contributed by atoms with van der Waals surface area (Å²) < 4.78 is 5.72. The van der Waals surface area contributed by atoms with E-state index in [0.717, 1.165) is 36.9 Å². The molecule has 176 valence electrons. The SMILES string of the molecule is CCCCCCCCc1ccc(-c2ccc(OCCC(C)C(=O)CCCCC)nn2)cc1. The van der Waals surface area contributed by atoms with Gasteiger partial charge in [-0.05, 0) is 37.3 Å². The minimum absolute atomic E-state index is 0.0361. The molecule has 0 saturated heterocycles. The van der Waals surface area contributed by atoms with E-state index >= 15 is 0 Å². The highest BCUT2D eigenvalue weighted by Crippen LogP contribution is 2.20. The molecule has 2 aromatic rings. The Bertz CT molecular complexity index is 756. The molecule has 4 nitrogen and oxygen atoms in total. The quantitative estimate of drug-likeness (QED) is 0.239. The van der Waals surface area contributed by atoms with Crippen molar-refractivity contribution < 1.29 is 9.53 Å². The van der Waals surface area contributed by atoms with Gasteiger partial charge < -0.3 is 4.74 Å². The van der Waals surface area contributed by atoms with Crippen LogP contribution in [-0.4, -0.2) is 22.6 Å². The van der Waals surface area contributed by atoms with Crippen molar-refractivity contribution in [3.63, 3.8) is 0 Å². The highest BCUT2D eigenvalue weighted by atomic mass is 16.5. The topological polar surface area (TPSA) is 52.1 Å². The van der Waals surface area contributed by atoms with Gasteiger partial charge in [0.1, 0.15) is 5.78 Å². The maximum absolute atomic E-state index is 12.1. The predicted molar refractivity (Wildman–Crippen MR) is 133 cm³/mol. The molecule has 32 heavy (non-hydrogen) atoms. The third-order valence-corrected chi connectivity index (χ3v) is 6.09. The lowest BCUT2D eigenvalue weighted by molar-refractivity contribution is -0.122. The monoisotopic (exact) mass is 438 g/mol. The van der Waals surface area contributed by atoms with E-state index in [0.29, 0.717) is 31.1 Å². The van der Waals surface area contributed by atoms with Gasteiger partial charge in [0, 0.05) is 24.0 Å². The van der Waals surface area contributed by atoms with Crippen LogP contribution >= 0.6 is 0 Å². The van der Waals surface area contributed by atoms with Gasteiger partial charge in [-0.15, -0.1) is 10.2 Å². The second kappa shape index (κ2) is 15.6. The van der Waals surface area contributed by atoms with Gasteiger partial charge in [0.05, 0.1) is 12.3 Å². The number of rotatable bonds is 17. The van der Waals surface area contributed by atoms with E-state index in [-0.39, 0.29) is 5.92 Å². The van der Waals surface area contributed by atoms with Crippen LogP contribution < -0.4 is 4.74 Å². The number of aryl methyl sites for hydroxylation is 1. The Kier molecular flexibility index (Phi) is 12.6. The number of unbranched alkanes of at least 4 members (excludes halogenated alkanes) is 7. The van der Waals surface area contributed by atoms with Crippen molar-refractivity contribution in [1.29, 1.82) is 0 Å². The zero-order chi connectivity index (χ0) is 23.0. The molecule has 1 aromatic carbocycles. The van der Waals surface area contributed by atoms with Gasteiger partial charge in [-0.2, -0.15) is 0 Å². The first-order valence-electron chi connectivity index (χ1n) is 12.7. The average molecular weight is 439 g/mol. The number of carbonyl (C=O) groups is 1. The van der Waals surface area contributed by atoms with E-state index in [1.54, 1.807) is 0 Å². The Hall–Kier alpha value is -2.23. The first-order valence-corrected chi connectivity index (χ1v) is 12.7. The second-order valence-corrected chi connectivity index (χ2v) is 8.93. The van der Waals surface area contributed by atoms with Gasteiger partial charge in [-0.1, -0.05) is 90.0 Å². The van der Waals surface area contributed by atoms with Gasteiger partial charge in [0.2, 0.25) is 5.88 Å². The standard InChI is InChI=1S/C28H42N2O2/c1-4-6-8-9-10-12-13-24-15-17-25(18-16-24)26-19-20-28(30-29-26)32-22-21-23(3)27(31)14-11-7-5-2/h15-20,23H,4-14,21-22H2,1-3H3. The van der Waals surface area contributed by atoms with Crippen molar-refractivity contribution in [1.82, 2.24) is 10.2 Å². The zero-order valence-electron chi connectivity index (χ0n) is 20.4. The number of aromatic nitrogens is 2. The number of Topliss-reactive ketones (excluding diaryl/α,β-unsaturated/α-hetero) is 1. The van der Waals surface area contributed by atoms with Crippen molar-refractivity contribution in [3.8, 4) is 17.1 Å². The van der Waals surface area contributed by atoms with Crippen molar-refractivity contribution in [2.75, 3.05) is 6.61 Å². The molecule has 1 heterocycles. The van der Waals surface area contributed by atoms with Gasteiger partial charge in [-0.25, -0.2) is 0 Å². The van der Waals surface area contributed by atoms with E-state index in [1.807, 2.05) is 19.1 Å². The number of ether oxygens (including phenoxy) is 1. The molecule has 1 unspecified atom stereocenters. The number of hydrogen-bond acceptors (Lipinski definition) is 4. The van der Waals surface area contributed by atoms with Crippen molar-refractivity contribution in [2.24, 2.45) is 5.92 Å². The summed E-state index contributed by atoms with van der Waals surface area (Å²) in [5.41, 5.74) is 3.31. The Morgan fingerprint density at radius 1 is 0.844 bits per heavy atom. The number of hydrogen-bond donors (Lipinski definition) is 0. The summed E-state index contributed by atoms with van der Waals surface area (Å²) in [6, 6.07) is 12.5. The van der Waals surface area contributed by atoms with Crippen LogP contribution in [0.1, 0.15) is 97.0 Å². The summed E-state index contributed by atoms with van der Waals surface area (Å²) in [4.78, 5) is 12.1. The summed E-state index contributed by atoms with van der Waals surface area (Å²) >= 11 is 0. The predicted octanol–water partition coefficient (Wildman–Crippen LogP) is 7.60. The molecule has 2 rings (SSSR count). The van der Waals surface area contributed by atoms with Crippen LogP contribution in [0.5, 0.6) is 5.88 Å². The van der Waals surface area contributed by atoms with Gasteiger partial charge in [-0.3, -0.25) is 4.79 Å². The molecule has 1 atom stereocenters. The van der Waals surface area contributed by atoms with E-state index in [4.69, 9.17) is 4.74 Å². The molecule has 0 aliphatic rings. The first kappa shape index (κ1) is 26.0. The van der Waals surface area contributed by atoms with Crippen LogP contribution in [0.25, 0.3) is 11.3 Å². The van der Waals surface area contributed by atoms with Crippen LogP contribution in [-0.2, 0) is 11.2 Å². The molecular formula is C28H42N2O2. The van der Waals surface area contributed by atoms with Crippen molar-refractivity contribution >= 4 is 5.78 Å². The van der Waals surface area contributed by atoms with Crippen LogP contribution in [0.3, 0.4) is 0 Å². The van der Waals surface area contributed by atoms with Crippen LogP contribution in [0.4, 0.5) is 0 Å². The Labute approximate surface area is 195 Å². The molecule has 0 radical (unpaired) electrons. The number of ketones is 1. The average Bonchev–Trinajstić information content (AvgIpc) is 2.82. The van der Waals surface area contributed by atoms with Gasteiger partial charge >= 0.3 is 0 Å². The zero-order valence-corrected chi connectivity index (χ0v) is 20.4. The maximum atomic E-state index is 12.1. The lowest BCUT2D eigenvalue weighted by atomic mass is 9.98. The molecule has 0 N–H and O–H groups in total. The second-order valence-electron chi connectivity index (χ2n) is 8.93. The molecular weight excluding hydrogens is 396 g/mol. The number of carbonyl (C=O) groups excluding carboxylic acids is 1. The minimum Gasteiger partial charge on any atom is -0.477 e. The first-order chi connectivity index (χ1) is 15.6. The van der Waals surface area contributed by atoms with E-state index in [2.05, 4.69) is 48.3 Å². The third kappa shape index (κ3) is 9.93. The molecule has 0 aliphatic heterocycles. The summed E-state index contributed by atoms with van der Waals surface area (Å²) in [6.07, 6.45) is 13.8. The summed E-state index contributed by atoms with van der Waals surface area (Å²) in [6.45, 7) is 6.89. The third-order valence-electron chi connectivity index (χ3n) is 6.09. The summed E-state index contributed by atoms with van der Waals surface area (Å²) in [7, 11) is 0. The minimum atomic E-state index is 0.0361. The normalized spacial score (nSPS) is 12.0. The fourth-order valence-corrected chi connectivity index (χ4v) is 3.80. The summed E-state index contributed by atoms with van der Waals surface area (Å²) in [5, 5.41) is 8.53. The molecule has 1 aromatic heterocycles. The van der Waals surface area contributed by atoms with E-state index < -0.39 is 0 Å². The fraction of sp³-hybridized carbons (Fsp3) is 0.607. The van der Waals surface area contributed by atoms with Crippen molar-refractivity contribution in [2.45, 2.75) is 97.8 Å². The van der Waals surface area contributed by atoms with Crippen LogP contribution in [0, 0.1) is 5.92 Å². The lowest BCUT2D eigenvalue weighted by Gasteiger charge is -2.11. The molecule has 0 bridgehead atoms. The molecule has 0 spiro atoms. The van der Waals surface area contributed by atoms with E-state index in [9.17, 15) is 4.79 Å². The van der Waals surface area contributed by atoms with Crippen molar-refractivity contribution in [3.05, 3.63) is 42.0 Å². The highest BCUT2D eigenvalue weighted by molar-refractivity contribution is 5.80. The van der Waals surface area contributed by atoms with Crippen LogP contribution in [0.2, 0.25) is 0 Å². The number of benzene rings is 1. The number of nitrogens with zero attached hydrogens (tertiary/aromatic N) is 2. The Morgan fingerprint density at radius 3 is 2.22 bits per heavy atom. The maximum Gasteiger partial charge on any atom is 0.233 e. The smallest absolute Gasteiger partial charge is 0.233 e.